The van der Waals surface area contributed by atoms with Crippen molar-refractivity contribution in [2.45, 2.75) is 6.18 Å². The molecule has 2 nitrogen and oxygen atoms in total. The van der Waals surface area contributed by atoms with Crippen molar-refractivity contribution in [3.8, 4) is 5.75 Å². The van der Waals surface area contributed by atoms with Crippen LogP contribution in [0.25, 0.3) is 0 Å². The number of ether oxygens (including phenoxy) is 1. The first-order valence-corrected chi connectivity index (χ1v) is 5.55. The molecule has 6 heteroatoms. The summed E-state index contributed by atoms with van der Waals surface area (Å²) in [5.41, 5.74) is -0.747. The number of halogens is 4. The van der Waals surface area contributed by atoms with Crippen LogP contribution < -0.4 is 10.1 Å². The van der Waals surface area contributed by atoms with Crippen LogP contribution >= 0.6 is 11.6 Å². The molecular weight excluding hydrogens is 255 g/mol. The highest BCUT2D eigenvalue weighted by Gasteiger charge is 2.31. The highest BCUT2D eigenvalue weighted by molar-refractivity contribution is 6.32. The van der Waals surface area contributed by atoms with E-state index in [-0.39, 0.29) is 10.8 Å². The predicted molar refractivity (Wildman–Crippen MR) is 58.3 cm³/mol. The molecule has 2 rings (SSSR count). The van der Waals surface area contributed by atoms with Gasteiger partial charge in [0, 0.05) is 19.0 Å². The van der Waals surface area contributed by atoms with Gasteiger partial charge in [0.25, 0.3) is 0 Å². The smallest absolute Gasteiger partial charge is 0.416 e. The maximum atomic E-state index is 12.5. The molecule has 0 aliphatic carbocycles. The average molecular weight is 266 g/mol. The second-order valence-corrected chi connectivity index (χ2v) is 4.39. The Balaban J connectivity index is 2.08. The molecular formula is C11H11ClF3NO. The van der Waals surface area contributed by atoms with Crippen molar-refractivity contribution >= 4 is 11.6 Å². The fraction of sp³-hybridized carbons (Fsp3) is 0.455. The van der Waals surface area contributed by atoms with Crippen molar-refractivity contribution in [3.63, 3.8) is 0 Å². The van der Waals surface area contributed by atoms with Crippen LogP contribution in [0.4, 0.5) is 13.2 Å². The first-order valence-electron chi connectivity index (χ1n) is 5.17. The summed E-state index contributed by atoms with van der Waals surface area (Å²) in [5, 5.41) is 3.25. The topological polar surface area (TPSA) is 21.3 Å². The van der Waals surface area contributed by atoms with Gasteiger partial charge in [-0.2, -0.15) is 13.2 Å². The summed E-state index contributed by atoms with van der Waals surface area (Å²) in [6.45, 7) is 2.04. The molecule has 1 aliphatic rings. The standard InChI is InChI=1S/C11H11ClF3NO/c12-9-2-1-8(11(13,14)15)3-10(9)17-6-7-4-16-5-7/h1-3,7,16H,4-6H2. The molecule has 1 fully saturated rings. The summed E-state index contributed by atoms with van der Waals surface area (Å²) in [6, 6.07) is 3.09. The summed E-state index contributed by atoms with van der Waals surface area (Å²) in [4.78, 5) is 0. The van der Waals surface area contributed by atoms with Crippen LogP contribution in [-0.4, -0.2) is 19.7 Å². The lowest BCUT2D eigenvalue weighted by molar-refractivity contribution is -0.137. The quantitative estimate of drug-likeness (QED) is 0.907. The van der Waals surface area contributed by atoms with Crippen LogP contribution in [0.3, 0.4) is 0 Å². The zero-order valence-corrected chi connectivity index (χ0v) is 9.61. The van der Waals surface area contributed by atoms with Crippen molar-refractivity contribution in [3.05, 3.63) is 28.8 Å². The highest BCUT2D eigenvalue weighted by atomic mass is 35.5. The summed E-state index contributed by atoms with van der Waals surface area (Å²) < 4.78 is 42.7. The van der Waals surface area contributed by atoms with E-state index in [1.165, 1.54) is 6.07 Å². The van der Waals surface area contributed by atoms with Crippen molar-refractivity contribution in [1.82, 2.24) is 5.32 Å². The maximum Gasteiger partial charge on any atom is 0.416 e. The average Bonchev–Trinajstić information content (AvgIpc) is 2.16. The third-order valence-corrected chi connectivity index (χ3v) is 2.91. The SMILES string of the molecule is FC(F)(F)c1ccc(Cl)c(OCC2CNC2)c1. The zero-order chi connectivity index (χ0) is 12.5. The van der Waals surface area contributed by atoms with E-state index < -0.39 is 11.7 Å². The Bertz CT molecular complexity index is 404. The van der Waals surface area contributed by atoms with Gasteiger partial charge in [-0.3, -0.25) is 0 Å². The molecule has 1 heterocycles. The Labute approximate surface area is 102 Å². The summed E-state index contributed by atoms with van der Waals surface area (Å²) >= 11 is 5.78. The largest absolute Gasteiger partial charge is 0.492 e. The van der Waals surface area contributed by atoms with Crippen LogP contribution in [0, 0.1) is 5.92 Å². The first kappa shape index (κ1) is 12.5. The van der Waals surface area contributed by atoms with Gasteiger partial charge in [-0.1, -0.05) is 11.6 Å². The molecule has 1 N–H and O–H groups in total. The van der Waals surface area contributed by atoms with Gasteiger partial charge in [-0.05, 0) is 18.2 Å². The lowest BCUT2D eigenvalue weighted by Gasteiger charge is -2.27. The Hall–Kier alpha value is -0.940. The molecule has 17 heavy (non-hydrogen) atoms. The number of hydrogen-bond acceptors (Lipinski definition) is 2. The molecule has 0 aromatic heterocycles. The van der Waals surface area contributed by atoms with Crippen molar-refractivity contribution in [2.75, 3.05) is 19.7 Å². The molecule has 1 aromatic rings. The number of alkyl halides is 3. The first-order chi connectivity index (χ1) is 7.97. The Morgan fingerprint density at radius 1 is 1.35 bits per heavy atom. The van der Waals surface area contributed by atoms with Gasteiger partial charge in [0.05, 0.1) is 17.2 Å². The zero-order valence-electron chi connectivity index (χ0n) is 8.85. The second kappa shape index (κ2) is 4.74. The number of rotatable bonds is 3. The minimum Gasteiger partial charge on any atom is -0.492 e. The predicted octanol–water partition coefficient (Wildman–Crippen LogP) is 2.96. The minimum absolute atomic E-state index is 0.0911. The molecule has 0 atom stereocenters. The third kappa shape index (κ3) is 3.04. The van der Waals surface area contributed by atoms with Gasteiger partial charge in [0.2, 0.25) is 0 Å². The van der Waals surface area contributed by atoms with Crippen molar-refractivity contribution in [2.24, 2.45) is 5.92 Å². The summed E-state index contributed by atoms with van der Waals surface area (Å²) in [5.74, 6) is 0.439. The molecule has 0 amide bonds. The van der Waals surface area contributed by atoms with Crippen LogP contribution in [0.2, 0.25) is 5.02 Å². The third-order valence-electron chi connectivity index (χ3n) is 2.60. The number of benzene rings is 1. The van der Waals surface area contributed by atoms with Crippen molar-refractivity contribution in [1.29, 1.82) is 0 Å². The van der Waals surface area contributed by atoms with Gasteiger partial charge in [0.15, 0.2) is 0 Å². The lowest BCUT2D eigenvalue weighted by atomic mass is 10.1. The van der Waals surface area contributed by atoms with Gasteiger partial charge in [-0.25, -0.2) is 0 Å². The molecule has 1 aromatic carbocycles. The van der Waals surface area contributed by atoms with E-state index in [4.69, 9.17) is 16.3 Å². The van der Waals surface area contributed by atoms with E-state index in [2.05, 4.69) is 5.32 Å². The maximum absolute atomic E-state index is 12.5. The molecule has 0 bridgehead atoms. The van der Waals surface area contributed by atoms with E-state index in [0.717, 1.165) is 25.2 Å². The highest BCUT2D eigenvalue weighted by Crippen LogP contribution is 2.35. The minimum atomic E-state index is -4.37. The van der Waals surface area contributed by atoms with Gasteiger partial charge >= 0.3 is 6.18 Å². The number of nitrogens with one attached hydrogen (secondary N) is 1. The molecule has 0 saturated carbocycles. The summed E-state index contributed by atoms with van der Waals surface area (Å²) in [7, 11) is 0. The molecule has 94 valence electrons. The van der Waals surface area contributed by atoms with Gasteiger partial charge in [0.1, 0.15) is 5.75 Å². The van der Waals surface area contributed by atoms with E-state index in [1.807, 2.05) is 0 Å². The molecule has 0 spiro atoms. The fourth-order valence-electron chi connectivity index (χ4n) is 1.46. The molecule has 0 radical (unpaired) electrons. The van der Waals surface area contributed by atoms with Crippen LogP contribution in [0.5, 0.6) is 5.75 Å². The van der Waals surface area contributed by atoms with Gasteiger partial charge in [-0.15, -0.1) is 0 Å². The van der Waals surface area contributed by atoms with E-state index in [1.54, 1.807) is 0 Å². The Kier molecular flexibility index (Phi) is 3.49. The van der Waals surface area contributed by atoms with Crippen molar-refractivity contribution < 1.29 is 17.9 Å². The van der Waals surface area contributed by atoms with E-state index in [0.29, 0.717) is 12.5 Å². The second-order valence-electron chi connectivity index (χ2n) is 3.98. The monoisotopic (exact) mass is 265 g/mol. The number of hydrogen-bond donors (Lipinski definition) is 1. The van der Waals surface area contributed by atoms with E-state index >= 15 is 0 Å². The molecule has 0 unspecified atom stereocenters. The Morgan fingerprint density at radius 2 is 2.06 bits per heavy atom. The lowest BCUT2D eigenvalue weighted by Crippen LogP contribution is -2.45. The van der Waals surface area contributed by atoms with Crippen LogP contribution in [0.15, 0.2) is 18.2 Å². The normalized spacial score (nSPS) is 16.7. The van der Waals surface area contributed by atoms with Gasteiger partial charge < -0.3 is 10.1 Å². The van der Waals surface area contributed by atoms with Crippen LogP contribution in [-0.2, 0) is 6.18 Å². The molecule has 1 saturated heterocycles. The summed E-state index contributed by atoms with van der Waals surface area (Å²) in [6.07, 6.45) is -4.37. The van der Waals surface area contributed by atoms with Crippen LogP contribution in [0.1, 0.15) is 5.56 Å². The van der Waals surface area contributed by atoms with E-state index in [9.17, 15) is 13.2 Å². The Morgan fingerprint density at radius 3 is 2.59 bits per heavy atom. The molecule has 1 aliphatic heterocycles. The fourth-order valence-corrected chi connectivity index (χ4v) is 1.64.